The van der Waals surface area contributed by atoms with Gasteiger partial charge in [0.2, 0.25) is 0 Å². The third kappa shape index (κ3) is 4.03. The van der Waals surface area contributed by atoms with Crippen molar-refractivity contribution in [1.82, 2.24) is 10.3 Å². The normalized spacial score (nSPS) is 10.8. The Labute approximate surface area is 165 Å². The van der Waals surface area contributed by atoms with Gasteiger partial charge in [0.25, 0.3) is 11.8 Å². The average Bonchev–Trinajstić information content (AvgIpc) is 3.39. The molecule has 3 N–H and O–H groups in total. The number of carbonyl (C=O) groups excluding carboxylic acids is 2. The van der Waals surface area contributed by atoms with Crippen molar-refractivity contribution in [3.05, 3.63) is 89.8 Å². The van der Waals surface area contributed by atoms with Crippen LogP contribution in [0.15, 0.2) is 71.5 Å². The second-order valence-corrected chi connectivity index (χ2v) is 6.49. The molecule has 0 radical (unpaired) electrons. The molecule has 146 valence electrons. The second kappa shape index (κ2) is 8.02. The second-order valence-electron chi connectivity index (χ2n) is 6.49. The van der Waals surface area contributed by atoms with Gasteiger partial charge in [-0.2, -0.15) is 0 Å². The number of para-hydroxylation sites is 1. The predicted molar refractivity (Wildman–Crippen MR) is 107 cm³/mol. The van der Waals surface area contributed by atoms with Crippen LogP contribution < -0.4 is 10.6 Å². The molecule has 4 rings (SSSR count). The molecule has 0 atom stereocenters. The van der Waals surface area contributed by atoms with E-state index in [1.54, 1.807) is 42.5 Å². The molecule has 0 saturated heterocycles. The van der Waals surface area contributed by atoms with Gasteiger partial charge in [-0.25, -0.2) is 4.39 Å². The van der Waals surface area contributed by atoms with E-state index in [0.717, 1.165) is 16.5 Å². The topological polar surface area (TPSA) is 87.1 Å². The SMILES string of the molecule is O=C(Nc1ccccc1C(=O)NCCc1c[nH]c2ccc(F)cc12)c1ccco1. The minimum Gasteiger partial charge on any atom is -0.459 e. The van der Waals surface area contributed by atoms with Crippen molar-refractivity contribution in [1.29, 1.82) is 0 Å². The number of fused-ring (bicyclic) bond motifs is 1. The summed E-state index contributed by atoms with van der Waals surface area (Å²) >= 11 is 0. The minimum atomic E-state index is -0.434. The minimum absolute atomic E-state index is 0.159. The number of nitrogens with one attached hydrogen (secondary N) is 3. The van der Waals surface area contributed by atoms with Crippen molar-refractivity contribution < 1.29 is 18.4 Å². The molecule has 2 heterocycles. The number of hydrogen-bond donors (Lipinski definition) is 3. The maximum atomic E-state index is 13.5. The molecule has 0 fully saturated rings. The van der Waals surface area contributed by atoms with Crippen molar-refractivity contribution >= 4 is 28.4 Å². The van der Waals surface area contributed by atoms with Gasteiger partial charge in [-0.15, -0.1) is 0 Å². The van der Waals surface area contributed by atoms with Gasteiger partial charge in [0.05, 0.1) is 17.5 Å². The number of benzene rings is 2. The van der Waals surface area contributed by atoms with Crippen LogP contribution in [-0.2, 0) is 6.42 Å². The van der Waals surface area contributed by atoms with Crippen LogP contribution in [-0.4, -0.2) is 23.3 Å². The molecule has 2 aromatic carbocycles. The largest absolute Gasteiger partial charge is 0.459 e. The standard InChI is InChI=1S/C22H18FN3O3/c23-15-7-8-18-17(12-15)14(13-25-18)9-10-24-21(27)16-4-1-2-5-19(16)26-22(28)20-6-3-11-29-20/h1-8,11-13,25H,9-10H2,(H,24,27)(H,26,28). The number of amides is 2. The summed E-state index contributed by atoms with van der Waals surface area (Å²) in [4.78, 5) is 27.9. The summed E-state index contributed by atoms with van der Waals surface area (Å²) in [5.41, 5.74) is 2.50. The average molecular weight is 391 g/mol. The van der Waals surface area contributed by atoms with Crippen LogP contribution in [0.2, 0.25) is 0 Å². The fourth-order valence-electron chi connectivity index (χ4n) is 3.15. The van der Waals surface area contributed by atoms with Gasteiger partial charge in [0.15, 0.2) is 5.76 Å². The van der Waals surface area contributed by atoms with Gasteiger partial charge < -0.3 is 20.0 Å². The van der Waals surface area contributed by atoms with Crippen molar-refractivity contribution in [3.8, 4) is 0 Å². The molecule has 0 saturated carbocycles. The number of H-pyrrole nitrogens is 1. The van der Waals surface area contributed by atoms with Gasteiger partial charge in [-0.3, -0.25) is 9.59 Å². The lowest BCUT2D eigenvalue weighted by molar-refractivity contribution is 0.0955. The Bertz CT molecular complexity index is 1170. The highest BCUT2D eigenvalue weighted by Gasteiger charge is 2.15. The third-order valence-corrected chi connectivity index (χ3v) is 4.57. The quantitative estimate of drug-likeness (QED) is 0.462. The molecule has 0 spiro atoms. The molecule has 0 aliphatic heterocycles. The first-order chi connectivity index (χ1) is 14.1. The molecular formula is C22H18FN3O3. The highest BCUT2D eigenvalue weighted by molar-refractivity contribution is 6.07. The number of aromatic nitrogens is 1. The molecular weight excluding hydrogens is 373 g/mol. The van der Waals surface area contributed by atoms with Crippen molar-refractivity contribution in [2.75, 3.05) is 11.9 Å². The van der Waals surface area contributed by atoms with Crippen LogP contribution in [0.3, 0.4) is 0 Å². The monoisotopic (exact) mass is 391 g/mol. The molecule has 4 aromatic rings. The fraction of sp³-hybridized carbons (Fsp3) is 0.0909. The number of aromatic amines is 1. The van der Waals surface area contributed by atoms with Crippen LogP contribution in [0.1, 0.15) is 26.5 Å². The van der Waals surface area contributed by atoms with Gasteiger partial charge in [0, 0.05) is 23.6 Å². The van der Waals surface area contributed by atoms with E-state index in [0.29, 0.717) is 24.2 Å². The highest BCUT2D eigenvalue weighted by Crippen LogP contribution is 2.20. The predicted octanol–water partition coefficient (Wildman–Crippen LogP) is 4.12. The van der Waals surface area contributed by atoms with E-state index in [4.69, 9.17) is 4.42 Å². The summed E-state index contributed by atoms with van der Waals surface area (Å²) in [6.07, 6.45) is 3.76. The van der Waals surface area contributed by atoms with Crippen molar-refractivity contribution in [2.45, 2.75) is 6.42 Å². The van der Waals surface area contributed by atoms with E-state index in [9.17, 15) is 14.0 Å². The van der Waals surface area contributed by atoms with Crippen LogP contribution in [0, 0.1) is 5.82 Å². The lowest BCUT2D eigenvalue weighted by Gasteiger charge is -2.10. The third-order valence-electron chi connectivity index (χ3n) is 4.57. The number of hydrogen-bond acceptors (Lipinski definition) is 3. The first-order valence-electron chi connectivity index (χ1n) is 9.09. The Kier molecular flexibility index (Phi) is 5.11. The number of furan rings is 1. The first kappa shape index (κ1) is 18.5. The lowest BCUT2D eigenvalue weighted by atomic mass is 10.1. The maximum absolute atomic E-state index is 13.5. The molecule has 0 aliphatic rings. The summed E-state index contributed by atoms with van der Waals surface area (Å²) in [5, 5.41) is 6.33. The summed E-state index contributed by atoms with van der Waals surface area (Å²) in [7, 11) is 0. The molecule has 0 aliphatic carbocycles. The van der Waals surface area contributed by atoms with E-state index < -0.39 is 5.91 Å². The zero-order valence-electron chi connectivity index (χ0n) is 15.4. The summed E-state index contributed by atoms with van der Waals surface area (Å²) in [6.45, 7) is 0.364. The Hall–Kier alpha value is -3.87. The van der Waals surface area contributed by atoms with Crippen LogP contribution >= 0.6 is 0 Å². The summed E-state index contributed by atoms with van der Waals surface area (Å²) < 4.78 is 18.6. The molecule has 2 aromatic heterocycles. The Morgan fingerprint density at radius 2 is 1.90 bits per heavy atom. The van der Waals surface area contributed by atoms with Gasteiger partial charge in [0.1, 0.15) is 5.82 Å². The summed E-state index contributed by atoms with van der Waals surface area (Å²) in [6, 6.07) is 14.5. The Balaban J connectivity index is 1.42. The lowest BCUT2D eigenvalue weighted by Crippen LogP contribution is -2.27. The van der Waals surface area contributed by atoms with Crippen molar-refractivity contribution in [2.24, 2.45) is 0 Å². The zero-order chi connectivity index (χ0) is 20.2. The fourth-order valence-corrected chi connectivity index (χ4v) is 3.15. The molecule has 6 nitrogen and oxygen atoms in total. The van der Waals surface area contributed by atoms with Crippen molar-refractivity contribution in [3.63, 3.8) is 0 Å². The molecule has 0 bridgehead atoms. The maximum Gasteiger partial charge on any atom is 0.291 e. The van der Waals surface area contributed by atoms with E-state index in [1.807, 2.05) is 6.20 Å². The van der Waals surface area contributed by atoms with Crippen LogP contribution in [0.25, 0.3) is 10.9 Å². The number of rotatable bonds is 6. The first-order valence-corrected chi connectivity index (χ1v) is 9.09. The number of anilines is 1. The smallest absolute Gasteiger partial charge is 0.291 e. The van der Waals surface area contributed by atoms with E-state index in [-0.39, 0.29) is 17.5 Å². The number of halogens is 1. The van der Waals surface area contributed by atoms with Gasteiger partial charge in [-0.05, 0) is 54.4 Å². The zero-order valence-corrected chi connectivity index (χ0v) is 15.4. The van der Waals surface area contributed by atoms with E-state index >= 15 is 0 Å². The Morgan fingerprint density at radius 1 is 1.03 bits per heavy atom. The van der Waals surface area contributed by atoms with E-state index in [1.165, 1.54) is 18.4 Å². The molecule has 7 heteroatoms. The van der Waals surface area contributed by atoms with Crippen LogP contribution in [0.5, 0.6) is 0 Å². The Morgan fingerprint density at radius 3 is 2.72 bits per heavy atom. The van der Waals surface area contributed by atoms with E-state index in [2.05, 4.69) is 15.6 Å². The van der Waals surface area contributed by atoms with Gasteiger partial charge >= 0.3 is 0 Å². The highest BCUT2D eigenvalue weighted by atomic mass is 19.1. The van der Waals surface area contributed by atoms with Gasteiger partial charge in [-0.1, -0.05) is 12.1 Å². The number of carbonyl (C=O) groups is 2. The van der Waals surface area contributed by atoms with Crippen LogP contribution in [0.4, 0.5) is 10.1 Å². The summed E-state index contributed by atoms with van der Waals surface area (Å²) in [5.74, 6) is -0.891. The molecule has 29 heavy (non-hydrogen) atoms. The molecule has 0 unspecified atom stereocenters. The molecule has 2 amide bonds.